The van der Waals surface area contributed by atoms with Crippen molar-refractivity contribution in [2.75, 3.05) is 13.1 Å². The second-order valence-electron chi connectivity index (χ2n) is 9.07. The zero-order chi connectivity index (χ0) is 22.5. The van der Waals surface area contributed by atoms with Gasteiger partial charge in [0.2, 0.25) is 0 Å². The molecule has 2 fully saturated rings. The Bertz CT molecular complexity index is 978. The molecule has 1 saturated heterocycles. The number of benzene rings is 2. The van der Waals surface area contributed by atoms with Gasteiger partial charge in [-0.15, -0.1) is 0 Å². The highest BCUT2D eigenvalue weighted by molar-refractivity contribution is 5.94. The Kier molecular flexibility index (Phi) is 7.19. The molecule has 3 atom stereocenters. The minimum absolute atomic E-state index is 0.0132. The summed E-state index contributed by atoms with van der Waals surface area (Å²) in [6.07, 6.45) is 5.15. The minimum atomic E-state index is -0.475. The third-order valence-electron chi connectivity index (χ3n) is 6.85. The molecule has 1 saturated carbocycles. The normalized spacial score (nSPS) is 22.3. The zero-order valence-corrected chi connectivity index (χ0v) is 18.5. The predicted octanol–water partition coefficient (Wildman–Crippen LogP) is 4.17. The lowest BCUT2D eigenvalue weighted by atomic mass is 9.96. The van der Waals surface area contributed by atoms with Gasteiger partial charge in [-0.1, -0.05) is 18.2 Å². The Balaban J connectivity index is 1.31. The van der Waals surface area contributed by atoms with Crippen molar-refractivity contribution in [2.24, 2.45) is 0 Å². The minimum Gasteiger partial charge on any atom is -0.349 e. The van der Waals surface area contributed by atoms with E-state index in [-0.39, 0.29) is 23.6 Å². The summed E-state index contributed by atoms with van der Waals surface area (Å²) in [4.78, 5) is 12.5. The molecule has 1 unspecified atom stereocenters. The average molecular weight is 435 g/mol. The number of nitrogens with one attached hydrogen (secondary N) is 3. The van der Waals surface area contributed by atoms with Gasteiger partial charge in [0.05, 0.1) is 5.56 Å². The summed E-state index contributed by atoms with van der Waals surface area (Å²) in [5, 5.41) is 19.2. The molecule has 0 aromatic heterocycles. The first kappa shape index (κ1) is 22.4. The van der Waals surface area contributed by atoms with Crippen molar-refractivity contribution in [3.8, 4) is 6.07 Å². The van der Waals surface area contributed by atoms with Crippen LogP contribution >= 0.6 is 0 Å². The summed E-state index contributed by atoms with van der Waals surface area (Å²) in [5.41, 5.74) is 3.01. The van der Waals surface area contributed by atoms with Crippen molar-refractivity contribution < 1.29 is 9.18 Å². The summed E-state index contributed by atoms with van der Waals surface area (Å²) < 4.78 is 13.6. The van der Waals surface area contributed by atoms with Crippen molar-refractivity contribution in [1.29, 1.82) is 5.26 Å². The molecule has 0 spiro atoms. The van der Waals surface area contributed by atoms with E-state index in [2.05, 4.69) is 35.0 Å². The Morgan fingerprint density at radius 2 is 1.84 bits per heavy atom. The van der Waals surface area contributed by atoms with Crippen molar-refractivity contribution in [1.82, 2.24) is 16.0 Å². The van der Waals surface area contributed by atoms with Crippen molar-refractivity contribution in [2.45, 2.75) is 63.1 Å². The van der Waals surface area contributed by atoms with E-state index in [1.54, 1.807) is 12.1 Å². The highest BCUT2D eigenvalue weighted by Gasteiger charge is 2.27. The molecule has 0 bridgehead atoms. The van der Waals surface area contributed by atoms with Crippen molar-refractivity contribution in [3.05, 3.63) is 70.5 Å². The van der Waals surface area contributed by atoms with E-state index >= 15 is 0 Å². The lowest BCUT2D eigenvalue weighted by molar-refractivity contribution is 0.0929. The van der Waals surface area contributed by atoms with Gasteiger partial charge in [0, 0.05) is 23.7 Å². The van der Waals surface area contributed by atoms with Gasteiger partial charge >= 0.3 is 0 Å². The number of halogens is 1. The van der Waals surface area contributed by atoms with E-state index < -0.39 is 5.82 Å². The van der Waals surface area contributed by atoms with Gasteiger partial charge in [-0.25, -0.2) is 4.39 Å². The van der Waals surface area contributed by atoms with Gasteiger partial charge < -0.3 is 16.0 Å². The smallest absolute Gasteiger partial charge is 0.251 e. The van der Waals surface area contributed by atoms with Crippen LogP contribution < -0.4 is 16.0 Å². The molecular weight excluding hydrogens is 403 g/mol. The van der Waals surface area contributed by atoms with Crippen LogP contribution in [0.3, 0.4) is 0 Å². The fourth-order valence-corrected chi connectivity index (χ4v) is 4.92. The molecule has 0 radical (unpaired) electrons. The summed E-state index contributed by atoms with van der Waals surface area (Å²) in [7, 11) is 0. The number of amides is 1. The largest absolute Gasteiger partial charge is 0.349 e. The standard InChI is InChI=1S/C26H31FN4O/c1-17(20-7-9-25(27)22(14-20)16-28)30-24-8-6-21(15-24)18-2-4-19(5-3-18)26(32)31-23-10-12-29-13-11-23/h2-5,7,9,14,17,21,23-24,29-30H,6,8,10-13,15H2,1H3,(H,31,32)/t17-,21?,24+/m1/s1. The number of carbonyl (C=O) groups is 1. The number of piperidine rings is 1. The van der Waals surface area contributed by atoms with Crippen LogP contribution in [0.25, 0.3) is 0 Å². The van der Waals surface area contributed by atoms with E-state index in [4.69, 9.17) is 5.26 Å². The van der Waals surface area contributed by atoms with Gasteiger partial charge in [-0.3, -0.25) is 4.79 Å². The fourth-order valence-electron chi connectivity index (χ4n) is 4.92. The number of nitrogens with zero attached hydrogens (tertiary/aromatic N) is 1. The topological polar surface area (TPSA) is 77.0 Å². The van der Waals surface area contributed by atoms with Gasteiger partial charge in [0.25, 0.3) is 5.91 Å². The zero-order valence-electron chi connectivity index (χ0n) is 18.5. The van der Waals surface area contributed by atoms with E-state index in [0.29, 0.717) is 12.0 Å². The predicted molar refractivity (Wildman–Crippen MR) is 123 cm³/mol. The first-order valence-corrected chi connectivity index (χ1v) is 11.6. The molecule has 2 aliphatic rings. The summed E-state index contributed by atoms with van der Waals surface area (Å²) in [6.45, 7) is 3.97. The number of nitriles is 1. The third-order valence-corrected chi connectivity index (χ3v) is 6.85. The van der Waals surface area contributed by atoms with E-state index in [0.717, 1.165) is 56.3 Å². The van der Waals surface area contributed by atoms with Gasteiger partial charge in [0.15, 0.2) is 0 Å². The Morgan fingerprint density at radius 3 is 2.56 bits per heavy atom. The molecule has 1 aliphatic heterocycles. The van der Waals surface area contributed by atoms with Crippen molar-refractivity contribution >= 4 is 5.91 Å². The lowest BCUT2D eigenvalue weighted by Gasteiger charge is -2.23. The average Bonchev–Trinajstić information content (AvgIpc) is 3.28. The molecule has 3 N–H and O–H groups in total. The molecule has 4 rings (SSSR count). The van der Waals surface area contributed by atoms with Gasteiger partial charge in [-0.05, 0) is 93.4 Å². The molecule has 1 heterocycles. The fraction of sp³-hybridized carbons (Fsp3) is 0.462. The second-order valence-corrected chi connectivity index (χ2v) is 9.07. The monoisotopic (exact) mass is 434 g/mol. The number of rotatable bonds is 6. The lowest BCUT2D eigenvalue weighted by Crippen LogP contribution is -2.42. The highest BCUT2D eigenvalue weighted by atomic mass is 19.1. The van der Waals surface area contributed by atoms with E-state index in [1.165, 1.54) is 11.6 Å². The third kappa shape index (κ3) is 5.35. The summed E-state index contributed by atoms with van der Waals surface area (Å²) >= 11 is 0. The molecule has 5 nitrogen and oxygen atoms in total. The van der Waals surface area contributed by atoms with Crippen LogP contribution in [-0.2, 0) is 0 Å². The van der Waals surface area contributed by atoms with Crippen molar-refractivity contribution in [3.63, 3.8) is 0 Å². The second kappa shape index (κ2) is 10.2. The first-order chi connectivity index (χ1) is 15.5. The van der Waals surface area contributed by atoms with Gasteiger partial charge in [0.1, 0.15) is 11.9 Å². The van der Waals surface area contributed by atoms with Crippen LogP contribution in [0.2, 0.25) is 0 Å². The molecule has 2 aromatic carbocycles. The molecule has 1 amide bonds. The van der Waals surface area contributed by atoms with Crippen LogP contribution in [0.15, 0.2) is 42.5 Å². The maximum absolute atomic E-state index is 13.6. The number of hydrogen-bond donors (Lipinski definition) is 3. The number of carbonyl (C=O) groups excluding carboxylic acids is 1. The van der Waals surface area contributed by atoms with Crippen LogP contribution in [0.4, 0.5) is 4.39 Å². The summed E-state index contributed by atoms with van der Waals surface area (Å²) in [6, 6.07) is 15.4. The Hall–Kier alpha value is -2.75. The van der Waals surface area contributed by atoms with Crippen LogP contribution in [-0.4, -0.2) is 31.1 Å². The quantitative estimate of drug-likeness (QED) is 0.638. The van der Waals surface area contributed by atoms with E-state index in [1.807, 2.05) is 18.2 Å². The van der Waals surface area contributed by atoms with Crippen LogP contribution in [0, 0.1) is 17.1 Å². The first-order valence-electron chi connectivity index (χ1n) is 11.6. The number of hydrogen-bond acceptors (Lipinski definition) is 4. The van der Waals surface area contributed by atoms with E-state index in [9.17, 15) is 9.18 Å². The molecular formula is C26H31FN4O. The molecule has 2 aromatic rings. The molecule has 168 valence electrons. The van der Waals surface area contributed by atoms with Crippen LogP contribution in [0.1, 0.15) is 78.0 Å². The SMILES string of the molecule is C[C@@H](N[C@H]1CCC(c2ccc(C(=O)NC3CCNCC3)cc2)C1)c1ccc(F)c(C#N)c1. The van der Waals surface area contributed by atoms with Crippen LogP contribution in [0.5, 0.6) is 0 Å². The van der Waals surface area contributed by atoms with Gasteiger partial charge in [-0.2, -0.15) is 5.26 Å². The summed E-state index contributed by atoms with van der Waals surface area (Å²) in [5.74, 6) is 0.000603. The maximum Gasteiger partial charge on any atom is 0.251 e. The maximum atomic E-state index is 13.6. The Morgan fingerprint density at radius 1 is 1.09 bits per heavy atom. The molecule has 1 aliphatic carbocycles. The Labute approximate surface area is 189 Å². The highest BCUT2D eigenvalue weighted by Crippen LogP contribution is 2.35. The molecule has 32 heavy (non-hydrogen) atoms. The molecule has 6 heteroatoms.